The molecular weight excluding hydrogens is 449 g/mol. The average molecular weight is 482 g/mol. The van der Waals surface area contributed by atoms with E-state index in [1.54, 1.807) is 26.6 Å². The van der Waals surface area contributed by atoms with E-state index in [9.17, 15) is 18.8 Å². The van der Waals surface area contributed by atoms with Crippen molar-refractivity contribution in [1.82, 2.24) is 24.5 Å². The summed E-state index contributed by atoms with van der Waals surface area (Å²) in [5.74, 6) is -0.270. The summed E-state index contributed by atoms with van der Waals surface area (Å²) in [6, 6.07) is 5.97. The van der Waals surface area contributed by atoms with Gasteiger partial charge < -0.3 is 14.7 Å². The third-order valence-corrected chi connectivity index (χ3v) is 7.62. The number of rotatable bonds is 4. The van der Waals surface area contributed by atoms with E-state index in [1.807, 2.05) is 11.9 Å². The van der Waals surface area contributed by atoms with Crippen LogP contribution in [0.2, 0.25) is 0 Å². The molecule has 2 saturated heterocycles. The Labute approximate surface area is 204 Å². The van der Waals surface area contributed by atoms with Crippen molar-refractivity contribution in [3.8, 4) is 0 Å². The van der Waals surface area contributed by atoms with Crippen LogP contribution in [0.25, 0.3) is 0 Å². The van der Waals surface area contributed by atoms with E-state index in [4.69, 9.17) is 0 Å². The van der Waals surface area contributed by atoms with Crippen LogP contribution in [0.3, 0.4) is 0 Å². The lowest BCUT2D eigenvalue weighted by atomic mass is 9.94. The second-order valence-electron chi connectivity index (χ2n) is 9.86. The van der Waals surface area contributed by atoms with Gasteiger partial charge >= 0.3 is 0 Å². The summed E-state index contributed by atoms with van der Waals surface area (Å²) < 4.78 is 15.0. The lowest BCUT2D eigenvalue weighted by molar-refractivity contribution is -0.135. The van der Waals surface area contributed by atoms with E-state index in [-0.39, 0.29) is 35.9 Å². The van der Waals surface area contributed by atoms with Crippen LogP contribution in [0.15, 0.2) is 24.3 Å². The molecule has 3 aliphatic rings. The number of carbonyl (C=O) groups is 3. The molecular formula is C26H32FN5O3. The Hall–Kier alpha value is -3.23. The summed E-state index contributed by atoms with van der Waals surface area (Å²) in [4.78, 5) is 44.6. The first-order valence-electron chi connectivity index (χ1n) is 12.6. The minimum absolute atomic E-state index is 0.00521. The summed E-state index contributed by atoms with van der Waals surface area (Å²) in [6.45, 7) is 3.70. The van der Waals surface area contributed by atoms with Crippen molar-refractivity contribution in [2.75, 3.05) is 32.7 Å². The van der Waals surface area contributed by atoms with Crippen LogP contribution in [0.4, 0.5) is 4.39 Å². The average Bonchev–Trinajstić information content (AvgIpc) is 3.53. The van der Waals surface area contributed by atoms with E-state index in [1.165, 1.54) is 12.1 Å². The molecule has 0 N–H and O–H groups in total. The Morgan fingerprint density at radius 2 is 1.63 bits per heavy atom. The van der Waals surface area contributed by atoms with Crippen molar-refractivity contribution in [3.05, 3.63) is 52.6 Å². The minimum Gasteiger partial charge on any atom is -0.342 e. The molecule has 1 aromatic heterocycles. The molecule has 3 amide bonds. The Kier molecular flexibility index (Phi) is 6.58. The third kappa shape index (κ3) is 4.81. The van der Waals surface area contributed by atoms with Crippen molar-refractivity contribution in [2.45, 2.75) is 45.1 Å². The van der Waals surface area contributed by atoms with Gasteiger partial charge in [-0.15, -0.1) is 0 Å². The van der Waals surface area contributed by atoms with Crippen LogP contribution in [-0.4, -0.2) is 74.9 Å². The second kappa shape index (κ2) is 9.79. The van der Waals surface area contributed by atoms with Crippen molar-refractivity contribution in [2.24, 2.45) is 13.0 Å². The highest BCUT2D eigenvalue weighted by Gasteiger charge is 2.35. The molecule has 4 heterocycles. The van der Waals surface area contributed by atoms with Gasteiger partial charge in [0.2, 0.25) is 11.8 Å². The Balaban J connectivity index is 1.24. The van der Waals surface area contributed by atoms with Crippen LogP contribution >= 0.6 is 0 Å². The van der Waals surface area contributed by atoms with Gasteiger partial charge in [-0.2, -0.15) is 5.10 Å². The van der Waals surface area contributed by atoms with Gasteiger partial charge in [-0.3, -0.25) is 19.1 Å². The van der Waals surface area contributed by atoms with Gasteiger partial charge in [0.05, 0.1) is 6.42 Å². The molecule has 0 bridgehead atoms. The number of halogens is 1. The Bertz CT molecular complexity index is 1110. The fourth-order valence-electron chi connectivity index (χ4n) is 5.54. The van der Waals surface area contributed by atoms with Crippen molar-refractivity contribution >= 4 is 17.7 Å². The SMILES string of the molecule is Cn1nc(C(=O)N2CCC(C(=O)N3CCCC3)CC2)c2c1CCN(C(=O)Cc1ccc(F)cc1)C2. The fraction of sp³-hybridized carbons (Fsp3) is 0.538. The fourth-order valence-corrected chi connectivity index (χ4v) is 5.54. The smallest absolute Gasteiger partial charge is 0.274 e. The number of hydrogen-bond donors (Lipinski definition) is 0. The number of amides is 3. The largest absolute Gasteiger partial charge is 0.342 e. The van der Waals surface area contributed by atoms with E-state index in [0.717, 1.165) is 42.8 Å². The molecule has 2 fully saturated rings. The third-order valence-electron chi connectivity index (χ3n) is 7.62. The molecule has 8 nitrogen and oxygen atoms in total. The highest BCUT2D eigenvalue weighted by molar-refractivity contribution is 5.94. The number of aryl methyl sites for hydroxylation is 1. The zero-order chi connectivity index (χ0) is 24.5. The summed E-state index contributed by atoms with van der Waals surface area (Å²) in [5.41, 5.74) is 2.96. The van der Waals surface area contributed by atoms with Gasteiger partial charge in [-0.05, 0) is 43.4 Å². The maximum atomic E-state index is 13.4. The molecule has 2 aromatic rings. The van der Waals surface area contributed by atoms with Crippen LogP contribution in [0, 0.1) is 11.7 Å². The highest BCUT2D eigenvalue weighted by atomic mass is 19.1. The molecule has 0 saturated carbocycles. The van der Waals surface area contributed by atoms with Crippen LogP contribution in [0.1, 0.15) is 53.0 Å². The van der Waals surface area contributed by atoms with E-state index in [2.05, 4.69) is 5.10 Å². The first kappa shape index (κ1) is 23.5. The number of fused-ring (bicyclic) bond motifs is 1. The van der Waals surface area contributed by atoms with Gasteiger partial charge in [0.15, 0.2) is 5.69 Å². The molecule has 0 radical (unpaired) electrons. The molecule has 9 heteroatoms. The standard InChI is InChI=1S/C26H32FN5O3/c1-29-22-10-15-32(23(33)16-18-4-6-20(27)7-5-18)17-21(22)24(28-29)26(35)31-13-8-19(9-14-31)25(34)30-11-2-3-12-30/h4-7,19H,2-3,8-17H2,1H3. The molecule has 3 aliphatic heterocycles. The molecule has 186 valence electrons. The first-order valence-corrected chi connectivity index (χ1v) is 12.6. The maximum Gasteiger partial charge on any atom is 0.274 e. The summed E-state index contributed by atoms with van der Waals surface area (Å²) >= 11 is 0. The molecule has 35 heavy (non-hydrogen) atoms. The zero-order valence-corrected chi connectivity index (χ0v) is 20.2. The monoisotopic (exact) mass is 481 g/mol. The van der Waals surface area contributed by atoms with Gasteiger partial charge in [-0.25, -0.2) is 4.39 Å². The van der Waals surface area contributed by atoms with E-state index >= 15 is 0 Å². The topological polar surface area (TPSA) is 78.8 Å². The first-order chi connectivity index (χ1) is 16.9. The summed E-state index contributed by atoms with van der Waals surface area (Å²) in [5, 5.41) is 4.54. The predicted molar refractivity (Wildman–Crippen MR) is 127 cm³/mol. The normalized spacial score (nSPS) is 18.6. The number of aromatic nitrogens is 2. The predicted octanol–water partition coefficient (Wildman–Crippen LogP) is 2.16. The summed E-state index contributed by atoms with van der Waals surface area (Å²) in [6.07, 6.45) is 4.34. The van der Waals surface area contributed by atoms with Crippen LogP contribution < -0.4 is 0 Å². The van der Waals surface area contributed by atoms with Gasteiger partial charge in [-0.1, -0.05) is 12.1 Å². The minimum atomic E-state index is -0.327. The number of hydrogen-bond acceptors (Lipinski definition) is 4. The number of carbonyl (C=O) groups excluding carboxylic acids is 3. The number of benzene rings is 1. The lowest BCUT2D eigenvalue weighted by Crippen LogP contribution is -2.44. The number of likely N-dealkylation sites (tertiary alicyclic amines) is 2. The highest BCUT2D eigenvalue weighted by Crippen LogP contribution is 2.27. The van der Waals surface area contributed by atoms with Gasteiger partial charge in [0.25, 0.3) is 5.91 Å². The summed E-state index contributed by atoms with van der Waals surface area (Å²) in [7, 11) is 1.84. The lowest BCUT2D eigenvalue weighted by Gasteiger charge is -2.33. The molecule has 0 aliphatic carbocycles. The molecule has 0 atom stereocenters. The van der Waals surface area contributed by atoms with E-state index < -0.39 is 0 Å². The quantitative estimate of drug-likeness (QED) is 0.671. The molecule has 0 unspecified atom stereocenters. The van der Waals surface area contributed by atoms with Gasteiger partial charge in [0.1, 0.15) is 5.82 Å². The van der Waals surface area contributed by atoms with Crippen LogP contribution in [0.5, 0.6) is 0 Å². The Morgan fingerprint density at radius 3 is 2.31 bits per heavy atom. The molecule has 0 spiro atoms. The van der Waals surface area contributed by atoms with Crippen LogP contribution in [-0.2, 0) is 36.0 Å². The van der Waals surface area contributed by atoms with Gasteiger partial charge in [0, 0.05) is 69.9 Å². The number of piperidine rings is 1. The molecule has 1 aromatic carbocycles. The molecule has 5 rings (SSSR count). The number of nitrogens with zero attached hydrogens (tertiary/aromatic N) is 5. The Morgan fingerprint density at radius 1 is 0.943 bits per heavy atom. The zero-order valence-electron chi connectivity index (χ0n) is 20.2. The maximum absolute atomic E-state index is 13.4. The van der Waals surface area contributed by atoms with Crippen molar-refractivity contribution in [3.63, 3.8) is 0 Å². The van der Waals surface area contributed by atoms with E-state index in [0.29, 0.717) is 51.1 Å². The van der Waals surface area contributed by atoms with Crippen molar-refractivity contribution < 1.29 is 18.8 Å². The van der Waals surface area contributed by atoms with Crippen molar-refractivity contribution in [1.29, 1.82) is 0 Å². The second-order valence-corrected chi connectivity index (χ2v) is 9.86.